The molecule has 0 fully saturated rings. The van der Waals surface area contributed by atoms with E-state index < -0.39 is 0 Å². The van der Waals surface area contributed by atoms with Crippen molar-refractivity contribution in [3.8, 4) is 22.4 Å². The molecule has 0 saturated carbocycles. The zero-order valence-corrected chi connectivity index (χ0v) is 15.8. The summed E-state index contributed by atoms with van der Waals surface area (Å²) in [5.41, 5.74) is 7.83. The molecule has 6 aromatic rings. The lowest BCUT2D eigenvalue weighted by Gasteiger charge is -2.12. The highest BCUT2D eigenvalue weighted by Crippen LogP contribution is 2.35. The van der Waals surface area contributed by atoms with E-state index >= 15 is 0 Å². The molecular formula is C27H18N2. The summed E-state index contributed by atoms with van der Waals surface area (Å²) < 4.78 is 2.29. The molecule has 29 heavy (non-hydrogen) atoms. The molecule has 0 spiro atoms. The summed E-state index contributed by atoms with van der Waals surface area (Å²) in [4.78, 5) is 5.05. The van der Waals surface area contributed by atoms with Crippen molar-refractivity contribution in [3.63, 3.8) is 0 Å². The molecule has 0 aliphatic heterocycles. The molecule has 4 aromatic carbocycles. The normalized spacial score (nSPS) is 11.4. The summed E-state index contributed by atoms with van der Waals surface area (Å²) in [6, 6.07) is 38.3. The van der Waals surface area contributed by atoms with Crippen LogP contribution in [0.3, 0.4) is 0 Å². The van der Waals surface area contributed by atoms with Crippen LogP contribution in [0.15, 0.2) is 109 Å². The van der Waals surface area contributed by atoms with Gasteiger partial charge in [-0.2, -0.15) is 0 Å². The highest BCUT2D eigenvalue weighted by molar-refractivity contribution is 6.01. The molecule has 0 radical (unpaired) electrons. The maximum absolute atomic E-state index is 5.05. The number of pyridine rings is 1. The molecule has 0 bridgehead atoms. The Balaban J connectivity index is 1.76. The van der Waals surface area contributed by atoms with Gasteiger partial charge in [-0.1, -0.05) is 84.9 Å². The molecular weight excluding hydrogens is 352 g/mol. The Morgan fingerprint density at radius 2 is 1.31 bits per heavy atom. The van der Waals surface area contributed by atoms with E-state index in [0.717, 1.165) is 27.9 Å². The summed E-state index contributed by atoms with van der Waals surface area (Å²) in [6.07, 6.45) is 0. The number of nitrogens with zero attached hydrogens (tertiary/aromatic N) is 2. The van der Waals surface area contributed by atoms with Gasteiger partial charge < -0.3 is 0 Å². The lowest BCUT2D eigenvalue weighted by molar-refractivity contribution is 1.23. The Morgan fingerprint density at radius 3 is 2.24 bits per heavy atom. The number of imidazole rings is 1. The highest BCUT2D eigenvalue weighted by Gasteiger charge is 2.15. The van der Waals surface area contributed by atoms with E-state index in [1.54, 1.807) is 0 Å². The standard InChI is InChI=1S/C27H18N2/c1-2-10-20(11-3-1)25-18-17-23(22-14-8-12-19-9-4-5-13-21(19)22)27-28-24-15-6-7-16-26(24)29(25)27/h1-18H. The summed E-state index contributed by atoms with van der Waals surface area (Å²) in [5.74, 6) is 0. The molecule has 0 saturated heterocycles. The molecule has 136 valence electrons. The third-order valence-corrected chi connectivity index (χ3v) is 5.60. The van der Waals surface area contributed by atoms with Crippen LogP contribution in [0.25, 0.3) is 49.8 Å². The van der Waals surface area contributed by atoms with Crippen molar-refractivity contribution >= 4 is 27.5 Å². The largest absolute Gasteiger partial charge is 0.292 e. The SMILES string of the molecule is c1ccc(-c2ccc(-c3cccc4ccccc34)c3nc4ccccc4n23)cc1. The average molecular weight is 370 g/mol. The van der Waals surface area contributed by atoms with Crippen LogP contribution in [0.1, 0.15) is 0 Å². The number of para-hydroxylation sites is 2. The Bertz CT molecular complexity index is 1490. The fourth-order valence-electron chi connectivity index (χ4n) is 4.27. The average Bonchev–Trinajstić information content (AvgIpc) is 3.18. The van der Waals surface area contributed by atoms with Crippen molar-refractivity contribution in [1.82, 2.24) is 9.38 Å². The van der Waals surface area contributed by atoms with Gasteiger partial charge in [0.2, 0.25) is 0 Å². The van der Waals surface area contributed by atoms with Gasteiger partial charge in [0, 0.05) is 5.56 Å². The summed E-state index contributed by atoms with van der Waals surface area (Å²) in [7, 11) is 0. The van der Waals surface area contributed by atoms with Gasteiger partial charge in [0.25, 0.3) is 0 Å². The zero-order chi connectivity index (χ0) is 19.2. The molecule has 2 heteroatoms. The molecule has 0 N–H and O–H groups in total. The molecule has 6 rings (SSSR count). The quantitative estimate of drug-likeness (QED) is 0.321. The zero-order valence-electron chi connectivity index (χ0n) is 15.8. The second-order valence-electron chi connectivity index (χ2n) is 7.28. The number of hydrogen-bond acceptors (Lipinski definition) is 1. The minimum atomic E-state index is 0.990. The predicted molar refractivity (Wildman–Crippen MR) is 121 cm³/mol. The van der Waals surface area contributed by atoms with Gasteiger partial charge in [-0.25, -0.2) is 4.98 Å². The smallest absolute Gasteiger partial charge is 0.146 e. The maximum Gasteiger partial charge on any atom is 0.146 e. The molecule has 2 nitrogen and oxygen atoms in total. The second kappa shape index (κ2) is 6.32. The number of hydrogen-bond donors (Lipinski definition) is 0. The van der Waals surface area contributed by atoms with Crippen LogP contribution in [-0.4, -0.2) is 9.38 Å². The second-order valence-corrected chi connectivity index (χ2v) is 7.28. The Labute approximate surface area is 168 Å². The van der Waals surface area contributed by atoms with Crippen LogP contribution < -0.4 is 0 Å². The lowest BCUT2D eigenvalue weighted by atomic mass is 9.98. The van der Waals surface area contributed by atoms with E-state index in [4.69, 9.17) is 4.98 Å². The van der Waals surface area contributed by atoms with Crippen LogP contribution in [0.2, 0.25) is 0 Å². The highest BCUT2D eigenvalue weighted by atomic mass is 15.0. The topological polar surface area (TPSA) is 17.3 Å². The van der Waals surface area contributed by atoms with Crippen molar-refractivity contribution in [3.05, 3.63) is 109 Å². The van der Waals surface area contributed by atoms with Crippen molar-refractivity contribution in [2.75, 3.05) is 0 Å². The minimum Gasteiger partial charge on any atom is -0.292 e. The summed E-state index contributed by atoms with van der Waals surface area (Å²) >= 11 is 0. The van der Waals surface area contributed by atoms with Gasteiger partial charge in [0.1, 0.15) is 5.65 Å². The van der Waals surface area contributed by atoms with Gasteiger partial charge in [0.05, 0.1) is 16.7 Å². The monoisotopic (exact) mass is 370 g/mol. The first kappa shape index (κ1) is 16.1. The van der Waals surface area contributed by atoms with Crippen LogP contribution in [0.4, 0.5) is 0 Å². The van der Waals surface area contributed by atoms with Crippen molar-refractivity contribution in [1.29, 1.82) is 0 Å². The fourth-order valence-corrected chi connectivity index (χ4v) is 4.27. The summed E-state index contributed by atoms with van der Waals surface area (Å²) in [6.45, 7) is 0. The molecule has 0 aliphatic carbocycles. The van der Waals surface area contributed by atoms with E-state index in [2.05, 4.69) is 114 Å². The van der Waals surface area contributed by atoms with E-state index in [1.165, 1.54) is 21.9 Å². The van der Waals surface area contributed by atoms with Crippen LogP contribution in [-0.2, 0) is 0 Å². The van der Waals surface area contributed by atoms with Gasteiger partial charge in [-0.05, 0) is 46.2 Å². The number of aromatic nitrogens is 2. The molecule has 2 heterocycles. The molecule has 0 amide bonds. The number of benzene rings is 4. The first-order valence-electron chi connectivity index (χ1n) is 9.84. The van der Waals surface area contributed by atoms with Crippen LogP contribution in [0.5, 0.6) is 0 Å². The van der Waals surface area contributed by atoms with Gasteiger partial charge >= 0.3 is 0 Å². The first-order chi connectivity index (χ1) is 14.4. The predicted octanol–water partition coefficient (Wildman–Crippen LogP) is 6.97. The molecule has 0 atom stereocenters. The number of fused-ring (bicyclic) bond motifs is 4. The fraction of sp³-hybridized carbons (Fsp3) is 0. The Morgan fingerprint density at radius 1 is 0.552 bits per heavy atom. The summed E-state index contributed by atoms with van der Waals surface area (Å²) in [5, 5.41) is 2.49. The third-order valence-electron chi connectivity index (χ3n) is 5.60. The van der Waals surface area contributed by atoms with E-state index in [0.29, 0.717) is 0 Å². The van der Waals surface area contributed by atoms with Crippen molar-refractivity contribution < 1.29 is 0 Å². The lowest BCUT2D eigenvalue weighted by Crippen LogP contribution is -1.95. The molecule has 0 unspecified atom stereocenters. The van der Waals surface area contributed by atoms with Gasteiger partial charge in [0.15, 0.2) is 0 Å². The molecule has 2 aromatic heterocycles. The van der Waals surface area contributed by atoms with Crippen LogP contribution >= 0.6 is 0 Å². The van der Waals surface area contributed by atoms with Gasteiger partial charge in [-0.3, -0.25) is 4.40 Å². The van der Waals surface area contributed by atoms with Crippen molar-refractivity contribution in [2.24, 2.45) is 0 Å². The van der Waals surface area contributed by atoms with Crippen molar-refractivity contribution in [2.45, 2.75) is 0 Å². The minimum absolute atomic E-state index is 0.990. The van der Waals surface area contributed by atoms with E-state index in [-0.39, 0.29) is 0 Å². The third kappa shape index (κ3) is 2.46. The first-order valence-corrected chi connectivity index (χ1v) is 9.84. The van der Waals surface area contributed by atoms with Gasteiger partial charge in [-0.15, -0.1) is 0 Å². The van der Waals surface area contributed by atoms with Crippen LogP contribution in [0, 0.1) is 0 Å². The Hall–Kier alpha value is -3.91. The van der Waals surface area contributed by atoms with E-state index in [1.807, 2.05) is 0 Å². The number of rotatable bonds is 2. The van der Waals surface area contributed by atoms with E-state index in [9.17, 15) is 0 Å². The Kier molecular flexibility index (Phi) is 3.50. The molecule has 0 aliphatic rings. The maximum atomic E-state index is 5.05.